The molecule has 0 aliphatic carbocycles. The lowest BCUT2D eigenvalue weighted by atomic mass is 10.1. The predicted octanol–water partition coefficient (Wildman–Crippen LogP) is 2.43. The van der Waals surface area contributed by atoms with Gasteiger partial charge in [-0.05, 0) is 52.5 Å². The average Bonchev–Trinajstić information content (AvgIpc) is 2.24. The van der Waals surface area contributed by atoms with Crippen molar-refractivity contribution in [2.24, 2.45) is 0 Å². The van der Waals surface area contributed by atoms with Crippen molar-refractivity contribution in [2.45, 2.75) is 26.3 Å². The zero-order valence-electron chi connectivity index (χ0n) is 10.8. The quantitative estimate of drug-likeness (QED) is 0.710. The lowest BCUT2D eigenvalue weighted by Crippen LogP contribution is -2.20. The predicted molar refractivity (Wildman–Crippen MR) is 70.7 cm³/mol. The summed E-state index contributed by atoms with van der Waals surface area (Å²) in [5, 5.41) is 3.18. The van der Waals surface area contributed by atoms with Crippen molar-refractivity contribution >= 4 is 0 Å². The van der Waals surface area contributed by atoms with Gasteiger partial charge in [0.25, 0.3) is 0 Å². The summed E-state index contributed by atoms with van der Waals surface area (Å²) < 4.78 is 0. The number of aryl methyl sites for hydroxylation is 1. The van der Waals surface area contributed by atoms with E-state index >= 15 is 0 Å². The number of unbranched alkanes of at least 4 members (excludes halogenated alkanes) is 1. The SMILES string of the molecule is CNCCCCN(C)Cc1cccc(C)c1. The first-order chi connectivity index (χ1) is 7.72. The molecule has 1 N–H and O–H groups in total. The van der Waals surface area contributed by atoms with Gasteiger partial charge in [0.05, 0.1) is 0 Å². The summed E-state index contributed by atoms with van der Waals surface area (Å²) >= 11 is 0. The van der Waals surface area contributed by atoms with Gasteiger partial charge in [-0.15, -0.1) is 0 Å². The minimum Gasteiger partial charge on any atom is -0.320 e. The van der Waals surface area contributed by atoms with Crippen LogP contribution in [0.5, 0.6) is 0 Å². The van der Waals surface area contributed by atoms with Gasteiger partial charge in [0, 0.05) is 6.54 Å². The van der Waals surface area contributed by atoms with Gasteiger partial charge in [-0.25, -0.2) is 0 Å². The number of nitrogens with zero attached hydrogens (tertiary/aromatic N) is 1. The van der Waals surface area contributed by atoms with Gasteiger partial charge >= 0.3 is 0 Å². The highest BCUT2D eigenvalue weighted by molar-refractivity contribution is 5.21. The van der Waals surface area contributed by atoms with Crippen molar-refractivity contribution in [2.75, 3.05) is 27.2 Å². The van der Waals surface area contributed by atoms with Crippen LogP contribution in [-0.4, -0.2) is 32.1 Å². The summed E-state index contributed by atoms with van der Waals surface area (Å²) in [5.41, 5.74) is 2.76. The Kier molecular flexibility index (Phi) is 6.12. The molecule has 0 saturated carbocycles. The van der Waals surface area contributed by atoms with E-state index in [1.807, 2.05) is 7.05 Å². The van der Waals surface area contributed by atoms with Crippen LogP contribution in [0.2, 0.25) is 0 Å². The first-order valence-corrected chi connectivity index (χ1v) is 6.11. The Bertz CT molecular complexity index is 297. The number of benzene rings is 1. The summed E-state index contributed by atoms with van der Waals surface area (Å²) in [5.74, 6) is 0. The van der Waals surface area contributed by atoms with Crippen LogP contribution in [0, 0.1) is 6.92 Å². The highest BCUT2D eigenvalue weighted by Gasteiger charge is 2.00. The molecular weight excluding hydrogens is 196 g/mol. The zero-order valence-corrected chi connectivity index (χ0v) is 10.8. The fourth-order valence-corrected chi connectivity index (χ4v) is 1.88. The molecule has 1 rings (SSSR count). The molecule has 0 fully saturated rings. The smallest absolute Gasteiger partial charge is 0.0230 e. The van der Waals surface area contributed by atoms with E-state index in [1.165, 1.54) is 30.5 Å². The van der Waals surface area contributed by atoms with E-state index in [0.717, 1.165) is 13.1 Å². The topological polar surface area (TPSA) is 15.3 Å². The summed E-state index contributed by atoms with van der Waals surface area (Å²) in [7, 11) is 4.21. The fraction of sp³-hybridized carbons (Fsp3) is 0.571. The Balaban J connectivity index is 2.25. The maximum Gasteiger partial charge on any atom is 0.0230 e. The molecule has 0 radical (unpaired) electrons. The Morgan fingerprint density at radius 1 is 1.25 bits per heavy atom. The summed E-state index contributed by atoms with van der Waals surface area (Å²) in [6, 6.07) is 8.76. The molecule has 0 aliphatic heterocycles. The van der Waals surface area contributed by atoms with Gasteiger partial charge in [0.2, 0.25) is 0 Å². The fourth-order valence-electron chi connectivity index (χ4n) is 1.88. The third-order valence-electron chi connectivity index (χ3n) is 2.75. The molecule has 0 aliphatic rings. The average molecular weight is 220 g/mol. The standard InChI is InChI=1S/C14H24N2/c1-13-7-6-8-14(11-13)12-16(3)10-5-4-9-15-2/h6-8,11,15H,4-5,9-10,12H2,1-3H3. The molecule has 0 atom stereocenters. The molecule has 90 valence electrons. The molecule has 1 aromatic carbocycles. The third kappa shape index (κ3) is 5.29. The monoisotopic (exact) mass is 220 g/mol. The van der Waals surface area contributed by atoms with E-state index in [4.69, 9.17) is 0 Å². The highest BCUT2D eigenvalue weighted by Crippen LogP contribution is 2.07. The molecular formula is C14H24N2. The lowest BCUT2D eigenvalue weighted by molar-refractivity contribution is 0.318. The first kappa shape index (κ1) is 13.2. The molecule has 16 heavy (non-hydrogen) atoms. The second-order valence-corrected chi connectivity index (χ2v) is 4.54. The molecule has 0 amide bonds. The van der Waals surface area contributed by atoms with Gasteiger partial charge in [0.1, 0.15) is 0 Å². The van der Waals surface area contributed by atoms with Crippen LogP contribution in [0.25, 0.3) is 0 Å². The summed E-state index contributed by atoms with van der Waals surface area (Å²) in [4.78, 5) is 2.39. The van der Waals surface area contributed by atoms with E-state index in [0.29, 0.717) is 0 Å². The largest absolute Gasteiger partial charge is 0.320 e. The molecule has 0 spiro atoms. The van der Waals surface area contributed by atoms with Crippen molar-refractivity contribution in [3.8, 4) is 0 Å². The maximum atomic E-state index is 3.18. The van der Waals surface area contributed by atoms with Crippen LogP contribution in [0.15, 0.2) is 24.3 Å². The molecule has 0 saturated heterocycles. The second kappa shape index (κ2) is 7.42. The van der Waals surface area contributed by atoms with E-state index in [1.54, 1.807) is 0 Å². The maximum absolute atomic E-state index is 3.18. The normalized spacial score (nSPS) is 11.0. The van der Waals surface area contributed by atoms with E-state index in [2.05, 4.69) is 48.5 Å². The minimum atomic E-state index is 1.06. The number of hydrogen-bond donors (Lipinski definition) is 1. The zero-order chi connectivity index (χ0) is 11.8. The Hall–Kier alpha value is -0.860. The molecule has 2 heteroatoms. The first-order valence-electron chi connectivity index (χ1n) is 6.11. The van der Waals surface area contributed by atoms with Gasteiger partial charge in [-0.1, -0.05) is 29.8 Å². The van der Waals surface area contributed by atoms with Crippen molar-refractivity contribution in [1.29, 1.82) is 0 Å². The van der Waals surface area contributed by atoms with Crippen molar-refractivity contribution in [3.05, 3.63) is 35.4 Å². The summed E-state index contributed by atoms with van der Waals surface area (Å²) in [6.45, 7) is 5.51. The molecule has 1 aromatic rings. The van der Waals surface area contributed by atoms with Crippen molar-refractivity contribution in [3.63, 3.8) is 0 Å². The van der Waals surface area contributed by atoms with Gasteiger partial charge < -0.3 is 10.2 Å². The number of rotatable bonds is 7. The molecule has 2 nitrogen and oxygen atoms in total. The Morgan fingerprint density at radius 2 is 2.06 bits per heavy atom. The third-order valence-corrected chi connectivity index (χ3v) is 2.75. The van der Waals surface area contributed by atoms with Crippen LogP contribution in [0.3, 0.4) is 0 Å². The molecule has 0 heterocycles. The van der Waals surface area contributed by atoms with Crippen LogP contribution < -0.4 is 5.32 Å². The van der Waals surface area contributed by atoms with E-state index in [-0.39, 0.29) is 0 Å². The Labute approximate surface area is 99.7 Å². The highest BCUT2D eigenvalue weighted by atomic mass is 15.1. The van der Waals surface area contributed by atoms with Crippen molar-refractivity contribution in [1.82, 2.24) is 10.2 Å². The van der Waals surface area contributed by atoms with Crippen molar-refractivity contribution < 1.29 is 0 Å². The van der Waals surface area contributed by atoms with Gasteiger partial charge in [-0.2, -0.15) is 0 Å². The van der Waals surface area contributed by atoms with Gasteiger partial charge in [0.15, 0.2) is 0 Å². The number of hydrogen-bond acceptors (Lipinski definition) is 2. The number of nitrogens with one attached hydrogen (secondary N) is 1. The van der Waals surface area contributed by atoms with Crippen LogP contribution in [0.4, 0.5) is 0 Å². The van der Waals surface area contributed by atoms with E-state index in [9.17, 15) is 0 Å². The molecule has 0 unspecified atom stereocenters. The lowest BCUT2D eigenvalue weighted by Gasteiger charge is -2.16. The summed E-state index contributed by atoms with van der Waals surface area (Å²) in [6.07, 6.45) is 2.53. The van der Waals surface area contributed by atoms with Crippen LogP contribution >= 0.6 is 0 Å². The van der Waals surface area contributed by atoms with Crippen LogP contribution in [-0.2, 0) is 6.54 Å². The van der Waals surface area contributed by atoms with Gasteiger partial charge in [-0.3, -0.25) is 0 Å². The Morgan fingerprint density at radius 3 is 2.75 bits per heavy atom. The molecule has 0 aromatic heterocycles. The minimum absolute atomic E-state index is 1.06. The second-order valence-electron chi connectivity index (χ2n) is 4.54. The molecule has 0 bridgehead atoms. The van der Waals surface area contributed by atoms with E-state index < -0.39 is 0 Å². The van der Waals surface area contributed by atoms with Crippen LogP contribution in [0.1, 0.15) is 24.0 Å².